The molecule has 3 rings (SSSR count). The topological polar surface area (TPSA) is 69.7 Å². The summed E-state index contributed by atoms with van der Waals surface area (Å²) < 4.78 is 34.5. The molecule has 1 heterocycles. The van der Waals surface area contributed by atoms with Crippen LogP contribution in [0, 0.1) is 0 Å². The lowest BCUT2D eigenvalue weighted by atomic mass is 10.0. The highest BCUT2D eigenvalue weighted by molar-refractivity contribution is 7.90. The molecule has 0 bridgehead atoms. The SMILES string of the molecule is CCOc1cc2c(cc1/C=C/C(=O)c1ccc(S(C)(=O)=O)cc1)O[C@H](C)C2. The number of ketones is 1. The highest BCUT2D eigenvalue weighted by Gasteiger charge is 2.21. The molecular weight excluding hydrogens is 364 g/mol. The Morgan fingerprint density at radius 1 is 1.26 bits per heavy atom. The zero-order chi connectivity index (χ0) is 19.6. The largest absolute Gasteiger partial charge is 0.493 e. The predicted molar refractivity (Wildman–Crippen MR) is 104 cm³/mol. The molecule has 0 saturated heterocycles. The van der Waals surface area contributed by atoms with Crippen LogP contribution >= 0.6 is 0 Å². The average molecular weight is 386 g/mol. The van der Waals surface area contributed by atoms with Gasteiger partial charge in [0, 0.05) is 29.4 Å². The van der Waals surface area contributed by atoms with E-state index in [2.05, 4.69) is 0 Å². The van der Waals surface area contributed by atoms with Crippen molar-refractivity contribution in [2.75, 3.05) is 12.9 Å². The Morgan fingerprint density at radius 3 is 2.59 bits per heavy atom. The first-order chi connectivity index (χ1) is 12.8. The maximum Gasteiger partial charge on any atom is 0.185 e. The van der Waals surface area contributed by atoms with E-state index in [0.717, 1.165) is 29.6 Å². The van der Waals surface area contributed by atoms with Gasteiger partial charge in [-0.25, -0.2) is 8.42 Å². The normalized spacial score (nSPS) is 16.2. The van der Waals surface area contributed by atoms with Crippen LogP contribution in [-0.4, -0.2) is 33.2 Å². The first-order valence-electron chi connectivity index (χ1n) is 8.77. The Bertz CT molecular complexity index is 988. The van der Waals surface area contributed by atoms with Crippen molar-refractivity contribution >= 4 is 21.7 Å². The van der Waals surface area contributed by atoms with Crippen molar-refractivity contribution in [2.24, 2.45) is 0 Å². The van der Waals surface area contributed by atoms with E-state index in [4.69, 9.17) is 9.47 Å². The van der Waals surface area contributed by atoms with Gasteiger partial charge in [-0.15, -0.1) is 0 Å². The molecule has 0 fully saturated rings. The monoisotopic (exact) mass is 386 g/mol. The summed E-state index contributed by atoms with van der Waals surface area (Å²) in [5.41, 5.74) is 2.29. The lowest BCUT2D eigenvalue weighted by molar-refractivity contribution is 0.104. The van der Waals surface area contributed by atoms with E-state index in [1.165, 1.54) is 30.3 Å². The second kappa shape index (κ2) is 7.56. The molecule has 1 aliphatic heterocycles. The summed E-state index contributed by atoms with van der Waals surface area (Å²) >= 11 is 0. The highest BCUT2D eigenvalue weighted by Crippen LogP contribution is 2.35. The van der Waals surface area contributed by atoms with Crippen molar-refractivity contribution in [1.29, 1.82) is 0 Å². The van der Waals surface area contributed by atoms with Crippen molar-refractivity contribution in [3.05, 3.63) is 59.2 Å². The minimum absolute atomic E-state index is 0.128. The van der Waals surface area contributed by atoms with Crippen molar-refractivity contribution < 1.29 is 22.7 Å². The minimum Gasteiger partial charge on any atom is -0.493 e. The Labute approximate surface area is 159 Å². The Morgan fingerprint density at radius 2 is 1.96 bits per heavy atom. The van der Waals surface area contributed by atoms with Crippen molar-refractivity contribution in [3.63, 3.8) is 0 Å². The van der Waals surface area contributed by atoms with Gasteiger partial charge in [-0.1, -0.05) is 0 Å². The van der Waals surface area contributed by atoms with E-state index < -0.39 is 9.84 Å². The maximum absolute atomic E-state index is 12.4. The molecule has 0 saturated carbocycles. The maximum atomic E-state index is 12.4. The summed E-state index contributed by atoms with van der Waals surface area (Å²) in [6.07, 6.45) is 5.26. The van der Waals surface area contributed by atoms with E-state index >= 15 is 0 Å². The van der Waals surface area contributed by atoms with Crippen LogP contribution in [0.3, 0.4) is 0 Å². The number of hydrogen-bond donors (Lipinski definition) is 0. The predicted octanol–water partition coefficient (Wildman–Crippen LogP) is 3.71. The molecule has 142 valence electrons. The van der Waals surface area contributed by atoms with Gasteiger partial charge in [-0.2, -0.15) is 0 Å². The third kappa shape index (κ3) is 4.39. The van der Waals surface area contributed by atoms with Gasteiger partial charge in [0.25, 0.3) is 0 Å². The van der Waals surface area contributed by atoms with Crippen LogP contribution in [0.1, 0.15) is 35.3 Å². The molecule has 2 aromatic carbocycles. The van der Waals surface area contributed by atoms with Crippen LogP contribution in [0.25, 0.3) is 6.08 Å². The van der Waals surface area contributed by atoms with E-state index in [1.54, 1.807) is 6.08 Å². The Kier molecular flexibility index (Phi) is 5.37. The zero-order valence-electron chi connectivity index (χ0n) is 15.6. The van der Waals surface area contributed by atoms with Gasteiger partial charge in [-0.3, -0.25) is 4.79 Å². The molecule has 0 unspecified atom stereocenters. The van der Waals surface area contributed by atoms with Crippen LogP contribution in [0.4, 0.5) is 0 Å². The summed E-state index contributed by atoms with van der Waals surface area (Å²) in [5.74, 6) is 1.31. The molecule has 0 aliphatic carbocycles. The van der Waals surface area contributed by atoms with Gasteiger partial charge in [-0.05, 0) is 62.4 Å². The number of benzene rings is 2. The standard InChI is InChI=1S/C21H22O5S/c1-4-25-20-13-17-11-14(2)26-21(17)12-16(20)7-10-19(22)15-5-8-18(9-6-15)27(3,23)24/h5-10,12-14H,4,11H2,1-3H3/b10-7+/t14-/m1/s1. The quantitative estimate of drug-likeness (QED) is 0.559. The third-order valence-electron chi connectivity index (χ3n) is 4.31. The average Bonchev–Trinajstić information content (AvgIpc) is 2.98. The number of carbonyl (C=O) groups is 1. The number of fused-ring (bicyclic) bond motifs is 1. The Hall–Kier alpha value is -2.60. The number of ether oxygens (including phenoxy) is 2. The zero-order valence-corrected chi connectivity index (χ0v) is 16.4. The fraction of sp³-hybridized carbons (Fsp3) is 0.286. The van der Waals surface area contributed by atoms with Crippen molar-refractivity contribution in [2.45, 2.75) is 31.3 Å². The summed E-state index contributed by atoms with van der Waals surface area (Å²) in [7, 11) is -3.28. The molecule has 0 amide bonds. The lowest BCUT2D eigenvalue weighted by Crippen LogP contribution is -2.05. The van der Waals surface area contributed by atoms with Crippen LogP contribution in [0.5, 0.6) is 11.5 Å². The minimum atomic E-state index is -3.28. The van der Waals surface area contributed by atoms with Crippen LogP contribution in [0.15, 0.2) is 47.4 Å². The summed E-state index contributed by atoms with van der Waals surface area (Å²) in [6, 6.07) is 9.76. The van der Waals surface area contributed by atoms with Gasteiger partial charge >= 0.3 is 0 Å². The molecule has 0 N–H and O–H groups in total. The van der Waals surface area contributed by atoms with Gasteiger partial charge in [0.15, 0.2) is 15.6 Å². The summed E-state index contributed by atoms with van der Waals surface area (Å²) in [4.78, 5) is 12.6. The number of allylic oxidation sites excluding steroid dienone is 1. The molecule has 1 atom stereocenters. The number of carbonyl (C=O) groups excluding carboxylic acids is 1. The first-order valence-corrected chi connectivity index (χ1v) is 10.7. The van der Waals surface area contributed by atoms with Crippen LogP contribution < -0.4 is 9.47 Å². The highest BCUT2D eigenvalue weighted by atomic mass is 32.2. The number of rotatable bonds is 6. The van der Waals surface area contributed by atoms with E-state index in [0.29, 0.717) is 17.9 Å². The number of hydrogen-bond acceptors (Lipinski definition) is 5. The lowest BCUT2D eigenvalue weighted by Gasteiger charge is -2.10. The molecule has 5 nitrogen and oxygen atoms in total. The molecule has 6 heteroatoms. The molecule has 2 aromatic rings. The third-order valence-corrected chi connectivity index (χ3v) is 5.44. The van der Waals surface area contributed by atoms with Crippen LogP contribution in [-0.2, 0) is 16.3 Å². The van der Waals surface area contributed by atoms with E-state index in [9.17, 15) is 13.2 Å². The molecule has 0 radical (unpaired) electrons. The van der Waals surface area contributed by atoms with Crippen molar-refractivity contribution in [1.82, 2.24) is 0 Å². The summed E-state index contributed by atoms with van der Waals surface area (Å²) in [5, 5.41) is 0. The van der Waals surface area contributed by atoms with E-state index in [1.807, 2.05) is 26.0 Å². The van der Waals surface area contributed by atoms with Crippen LogP contribution in [0.2, 0.25) is 0 Å². The summed E-state index contributed by atoms with van der Waals surface area (Å²) in [6.45, 7) is 4.45. The second-order valence-corrected chi connectivity index (χ2v) is 8.57. The van der Waals surface area contributed by atoms with Crippen molar-refractivity contribution in [3.8, 4) is 11.5 Å². The van der Waals surface area contributed by atoms with Gasteiger partial charge in [0.2, 0.25) is 0 Å². The smallest absolute Gasteiger partial charge is 0.185 e. The fourth-order valence-corrected chi connectivity index (χ4v) is 3.62. The second-order valence-electron chi connectivity index (χ2n) is 6.56. The fourth-order valence-electron chi connectivity index (χ4n) is 2.99. The molecule has 1 aliphatic rings. The van der Waals surface area contributed by atoms with Gasteiger partial charge in [0.1, 0.15) is 17.6 Å². The van der Waals surface area contributed by atoms with E-state index in [-0.39, 0.29) is 16.8 Å². The molecule has 27 heavy (non-hydrogen) atoms. The Balaban J connectivity index is 1.85. The molecule has 0 aromatic heterocycles. The first kappa shape index (κ1) is 19.2. The van der Waals surface area contributed by atoms with Gasteiger partial charge in [0.05, 0.1) is 11.5 Å². The molecular formula is C21H22O5S. The molecule has 0 spiro atoms. The number of sulfone groups is 1. The van der Waals surface area contributed by atoms with Gasteiger partial charge < -0.3 is 9.47 Å².